The number of ether oxygens (including phenoxy) is 1. The molecule has 0 aromatic heterocycles. The van der Waals surface area contributed by atoms with Gasteiger partial charge in [0.05, 0.1) is 0 Å². The predicted molar refractivity (Wildman–Crippen MR) is 74.9 cm³/mol. The summed E-state index contributed by atoms with van der Waals surface area (Å²) in [5.41, 5.74) is -0.503. The molecule has 7 heteroatoms. The van der Waals surface area contributed by atoms with Gasteiger partial charge in [0.2, 0.25) is 0 Å². The molecule has 7 nitrogen and oxygen atoms in total. The molecule has 0 spiro atoms. The molecule has 1 atom stereocenters. The van der Waals surface area contributed by atoms with Crippen molar-refractivity contribution in [1.82, 2.24) is 15.1 Å². The van der Waals surface area contributed by atoms with E-state index in [1.54, 1.807) is 0 Å². The van der Waals surface area contributed by atoms with Crippen LogP contribution in [0.4, 0.5) is 9.59 Å². The van der Waals surface area contributed by atoms with E-state index in [4.69, 9.17) is 9.84 Å². The summed E-state index contributed by atoms with van der Waals surface area (Å²) in [6.07, 6.45) is -1.29. The summed E-state index contributed by atoms with van der Waals surface area (Å²) in [5.74, 6) is 0. The highest BCUT2D eigenvalue weighted by atomic mass is 16.6. The van der Waals surface area contributed by atoms with E-state index in [2.05, 4.69) is 10.2 Å². The first-order valence-corrected chi connectivity index (χ1v) is 6.87. The number of carbonyl (C=O) groups excluding carboxylic acids is 1. The Morgan fingerprint density at radius 3 is 2.25 bits per heavy atom. The van der Waals surface area contributed by atoms with Crippen LogP contribution < -0.4 is 5.32 Å². The molecule has 0 bridgehead atoms. The molecular weight excluding hydrogens is 262 g/mol. The van der Waals surface area contributed by atoms with Gasteiger partial charge >= 0.3 is 12.2 Å². The Morgan fingerprint density at radius 2 is 1.80 bits per heavy atom. The molecule has 0 saturated carbocycles. The van der Waals surface area contributed by atoms with Crippen LogP contribution in [0.5, 0.6) is 0 Å². The molecule has 2 N–H and O–H groups in total. The van der Waals surface area contributed by atoms with Crippen LogP contribution in [0.1, 0.15) is 27.7 Å². The molecule has 0 radical (unpaired) electrons. The van der Waals surface area contributed by atoms with Crippen LogP contribution >= 0.6 is 0 Å². The smallest absolute Gasteiger partial charge is 0.407 e. The second kappa shape index (κ2) is 6.78. The summed E-state index contributed by atoms with van der Waals surface area (Å²) < 4.78 is 5.19. The number of hydrogen-bond donors (Lipinski definition) is 2. The van der Waals surface area contributed by atoms with E-state index in [1.807, 2.05) is 27.7 Å². The van der Waals surface area contributed by atoms with Crippen LogP contribution in [0, 0.1) is 0 Å². The lowest BCUT2D eigenvalue weighted by Gasteiger charge is -2.34. The molecule has 0 aromatic rings. The van der Waals surface area contributed by atoms with Gasteiger partial charge < -0.3 is 20.1 Å². The minimum absolute atomic E-state index is 0.0405. The molecule has 1 aliphatic heterocycles. The fraction of sp³-hybridized carbons (Fsp3) is 0.846. The van der Waals surface area contributed by atoms with E-state index < -0.39 is 17.8 Å². The monoisotopic (exact) mass is 287 g/mol. The van der Waals surface area contributed by atoms with E-state index in [0.29, 0.717) is 32.7 Å². The normalized spacial score (nSPS) is 18.5. The number of carbonyl (C=O) groups is 2. The first-order chi connectivity index (χ1) is 9.17. The maximum absolute atomic E-state index is 11.6. The Morgan fingerprint density at radius 1 is 1.25 bits per heavy atom. The standard InChI is InChI=1S/C13H25N3O4/c1-10(14-11(17)20-13(2,3)4)9-15-5-7-16(8-6-15)12(18)19/h10H,5-9H2,1-4H3,(H,14,17)(H,18,19)/t10-/m1/s1. The van der Waals surface area contributed by atoms with Crippen molar-refractivity contribution in [2.75, 3.05) is 32.7 Å². The third kappa shape index (κ3) is 6.10. The third-order valence-corrected chi connectivity index (χ3v) is 2.94. The number of nitrogens with zero attached hydrogens (tertiary/aromatic N) is 2. The van der Waals surface area contributed by atoms with Crippen molar-refractivity contribution in [3.8, 4) is 0 Å². The van der Waals surface area contributed by atoms with E-state index in [-0.39, 0.29) is 6.04 Å². The van der Waals surface area contributed by atoms with E-state index in [9.17, 15) is 9.59 Å². The molecule has 1 heterocycles. The first kappa shape index (κ1) is 16.6. The Balaban J connectivity index is 2.28. The maximum atomic E-state index is 11.6. The van der Waals surface area contributed by atoms with Gasteiger partial charge in [-0.25, -0.2) is 9.59 Å². The van der Waals surface area contributed by atoms with Crippen molar-refractivity contribution in [2.45, 2.75) is 39.3 Å². The Hall–Kier alpha value is -1.50. The van der Waals surface area contributed by atoms with Crippen molar-refractivity contribution >= 4 is 12.2 Å². The topological polar surface area (TPSA) is 82.1 Å². The lowest BCUT2D eigenvalue weighted by atomic mass is 10.2. The van der Waals surface area contributed by atoms with Crippen molar-refractivity contribution in [2.24, 2.45) is 0 Å². The molecule has 2 amide bonds. The second-order valence-electron chi connectivity index (χ2n) is 6.12. The summed E-state index contributed by atoms with van der Waals surface area (Å²) in [7, 11) is 0. The summed E-state index contributed by atoms with van der Waals surface area (Å²) in [5, 5.41) is 11.7. The predicted octanol–water partition coefficient (Wildman–Crippen LogP) is 1.20. The fourth-order valence-corrected chi connectivity index (χ4v) is 2.06. The van der Waals surface area contributed by atoms with Crippen LogP contribution in [0.2, 0.25) is 0 Å². The Kier molecular flexibility index (Phi) is 5.62. The largest absolute Gasteiger partial charge is 0.465 e. The van der Waals surface area contributed by atoms with Crippen LogP contribution in [-0.2, 0) is 4.74 Å². The number of amides is 2. The zero-order chi connectivity index (χ0) is 15.3. The van der Waals surface area contributed by atoms with Gasteiger partial charge in [-0.05, 0) is 27.7 Å². The molecule has 1 saturated heterocycles. The lowest BCUT2D eigenvalue weighted by Crippen LogP contribution is -2.52. The van der Waals surface area contributed by atoms with Crippen molar-refractivity contribution in [3.63, 3.8) is 0 Å². The molecule has 20 heavy (non-hydrogen) atoms. The summed E-state index contributed by atoms with van der Waals surface area (Å²) in [6, 6.07) is -0.0405. The summed E-state index contributed by atoms with van der Waals surface area (Å²) in [6.45, 7) is 10.5. The highest BCUT2D eigenvalue weighted by Gasteiger charge is 2.23. The Bertz CT molecular complexity index is 346. The molecule has 0 unspecified atom stereocenters. The van der Waals surface area contributed by atoms with Gasteiger partial charge in [0.15, 0.2) is 0 Å². The van der Waals surface area contributed by atoms with Crippen molar-refractivity contribution in [3.05, 3.63) is 0 Å². The number of carboxylic acid groups (broad SMARTS) is 1. The second-order valence-corrected chi connectivity index (χ2v) is 6.12. The number of alkyl carbamates (subject to hydrolysis) is 1. The highest BCUT2D eigenvalue weighted by molar-refractivity contribution is 5.68. The van der Waals surface area contributed by atoms with Crippen molar-refractivity contribution < 1.29 is 19.4 Å². The minimum atomic E-state index is -0.871. The van der Waals surface area contributed by atoms with Gasteiger partial charge in [-0.15, -0.1) is 0 Å². The molecule has 1 rings (SSSR count). The van der Waals surface area contributed by atoms with Gasteiger partial charge in [0.1, 0.15) is 5.60 Å². The number of hydrogen-bond acceptors (Lipinski definition) is 4. The number of nitrogens with one attached hydrogen (secondary N) is 1. The van der Waals surface area contributed by atoms with Crippen LogP contribution in [-0.4, -0.2) is 71.5 Å². The molecule has 1 fully saturated rings. The SMILES string of the molecule is C[C@H](CN1CCN(C(=O)O)CC1)NC(=O)OC(C)(C)C. The maximum Gasteiger partial charge on any atom is 0.407 e. The van der Waals surface area contributed by atoms with Crippen LogP contribution in [0.15, 0.2) is 0 Å². The third-order valence-electron chi connectivity index (χ3n) is 2.94. The minimum Gasteiger partial charge on any atom is -0.465 e. The lowest BCUT2D eigenvalue weighted by molar-refractivity contribution is 0.0488. The highest BCUT2D eigenvalue weighted by Crippen LogP contribution is 2.07. The fourth-order valence-electron chi connectivity index (χ4n) is 2.06. The number of rotatable bonds is 3. The van der Waals surface area contributed by atoms with E-state index in [0.717, 1.165) is 0 Å². The van der Waals surface area contributed by atoms with Crippen molar-refractivity contribution in [1.29, 1.82) is 0 Å². The molecule has 0 aromatic carbocycles. The molecule has 1 aliphatic rings. The Labute approximate surface area is 119 Å². The average Bonchev–Trinajstić information content (AvgIpc) is 2.26. The zero-order valence-corrected chi connectivity index (χ0v) is 12.7. The van der Waals surface area contributed by atoms with Gasteiger partial charge in [0, 0.05) is 38.8 Å². The average molecular weight is 287 g/mol. The van der Waals surface area contributed by atoms with Gasteiger partial charge in [0.25, 0.3) is 0 Å². The van der Waals surface area contributed by atoms with Gasteiger partial charge in [-0.3, -0.25) is 4.90 Å². The molecular formula is C13H25N3O4. The van der Waals surface area contributed by atoms with Crippen LogP contribution in [0.3, 0.4) is 0 Å². The first-order valence-electron chi connectivity index (χ1n) is 6.87. The van der Waals surface area contributed by atoms with Gasteiger partial charge in [-0.1, -0.05) is 0 Å². The van der Waals surface area contributed by atoms with Gasteiger partial charge in [-0.2, -0.15) is 0 Å². The quantitative estimate of drug-likeness (QED) is 0.815. The summed E-state index contributed by atoms with van der Waals surface area (Å²) in [4.78, 5) is 26.0. The molecule has 116 valence electrons. The van der Waals surface area contributed by atoms with E-state index in [1.165, 1.54) is 4.90 Å². The number of piperazine rings is 1. The summed E-state index contributed by atoms with van der Waals surface area (Å²) >= 11 is 0. The molecule has 0 aliphatic carbocycles. The van der Waals surface area contributed by atoms with Crippen LogP contribution in [0.25, 0.3) is 0 Å². The van der Waals surface area contributed by atoms with E-state index >= 15 is 0 Å². The zero-order valence-electron chi connectivity index (χ0n) is 12.7.